The monoisotopic (exact) mass is 321 g/mol. The van der Waals surface area contributed by atoms with Gasteiger partial charge in [0, 0.05) is 25.1 Å². The van der Waals surface area contributed by atoms with Gasteiger partial charge in [-0.15, -0.1) is 0 Å². The molecule has 5 nitrogen and oxygen atoms in total. The van der Waals surface area contributed by atoms with Crippen molar-refractivity contribution in [2.24, 2.45) is 5.16 Å². The van der Waals surface area contributed by atoms with Gasteiger partial charge >= 0.3 is 5.97 Å². The van der Waals surface area contributed by atoms with Crippen LogP contribution in [-0.2, 0) is 9.63 Å². The molecule has 0 saturated heterocycles. The van der Waals surface area contributed by atoms with Crippen LogP contribution in [-0.4, -0.2) is 28.1 Å². The van der Waals surface area contributed by atoms with E-state index in [2.05, 4.69) is 22.0 Å². The molecule has 0 saturated carbocycles. The molecule has 0 bridgehead atoms. The van der Waals surface area contributed by atoms with Gasteiger partial charge in [-0.3, -0.25) is 4.98 Å². The Hall–Kier alpha value is -2.95. The van der Waals surface area contributed by atoms with Crippen molar-refractivity contribution in [1.82, 2.24) is 9.88 Å². The lowest BCUT2D eigenvalue weighted by Gasteiger charge is -2.18. The Bertz CT molecular complexity index is 742. The minimum atomic E-state index is -0.458. The molecular weight excluding hydrogens is 302 g/mol. The number of hydrogen-bond acceptors (Lipinski definition) is 5. The number of rotatable bonds is 5. The first-order valence-electron chi connectivity index (χ1n) is 8.03. The summed E-state index contributed by atoms with van der Waals surface area (Å²) >= 11 is 0. The summed E-state index contributed by atoms with van der Waals surface area (Å²) in [4.78, 5) is 23.1. The number of allylic oxidation sites excluding steroid dienone is 5. The van der Waals surface area contributed by atoms with E-state index in [1.54, 1.807) is 18.3 Å². The van der Waals surface area contributed by atoms with Gasteiger partial charge in [0.15, 0.2) is 0 Å². The molecule has 5 heteroatoms. The van der Waals surface area contributed by atoms with E-state index in [1.165, 1.54) is 6.42 Å². The van der Waals surface area contributed by atoms with Crippen molar-refractivity contribution in [2.75, 3.05) is 6.54 Å². The third kappa shape index (κ3) is 3.68. The largest absolute Gasteiger partial charge is 0.368 e. The standard InChI is InChI=1S/C19H19N3O2/c1-2-3-12-22-13-9-15(10-14-22)7-8-16-18(21-24-19(16)23)17-6-4-5-11-20-17/h4-11,13-14H,2-3,12H2,1H3/b16-8+. The third-order valence-corrected chi connectivity index (χ3v) is 3.73. The number of nitrogens with zero attached hydrogens (tertiary/aromatic N) is 3. The minimum absolute atomic E-state index is 0.413. The highest BCUT2D eigenvalue weighted by Crippen LogP contribution is 2.18. The van der Waals surface area contributed by atoms with Crippen LogP contribution in [0.5, 0.6) is 0 Å². The molecule has 0 amide bonds. The third-order valence-electron chi connectivity index (χ3n) is 3.73. The van der Waals surface area contributed by atoms with E-state index >= 15 is 0 Å². The van der Waals surface area contributed by atoms with Gasteiger partial charge in [-0.25, -0.2) is 4.79 Å². The molecule has 122 valence electrons. The van der Waals surface area contributed by atoms with Gasteiger partial charge in [0.1, 0.15) is 5.71 Å². The topological polar surface area (TPSA) is 54.8 Å². The summed E-state index contributed by atoms with van der Waals surface area (Å²) in [5.41, 5.74) is 2.51. The van der Waals surface area contributed by atoms with E-state index in [-0.39, 0.29) is 0 Å². The smallest absolute Gasteiger partial charge is 0.354 e. The molecule has 0 N–H and O–H groups in total. The Kier molecular flexibility index (Phi) is 5.01. The van der Waals surface area contributed by atoms with E-state index in [0.717, 1.165) is 18.5 Å². The van der Waals surface area contributed by atoms with E-state index in [9.17, 15) is 4.79 Å². The Balaban J connectivity index is 1.75. The van der Waals surface area contributed by atoms with Crippen LogP contribution in [0, 0.1) is 0 Å². The molecule has 0 spiro atoms. The fourth-order valence-electron chi connectivity index (χ4n) is 2.37. The molecule has 1 aromatic rings. The second-order valence-corrected chi connectivity index (χ2v) is 5.50. The lowest BCUT2D eigenvalue weighted by molar-refractivity contribution is -0.136. The van der Waals surface area contributed by atoms with Gasteiger partial charge < -0.3 is 9.74 Å². The predicted molar refractivity (Wildman–Crippen MR) is 92.9 cm³/mol. The van der Waals surface area contributed by atoms with Crippen molar-refractivity contribution < 1.29 is 9.63 Å². The summed E-state index contributed by atoms with van der Waals surface area (Å²) in [6.45, 7) is 3.19. The molecule has 0 aromatic carbocycles. The summed E-state index contributed by atoms with van der Waals surface area (Å²) in [6, 6.07) is 5.46. The summed E-state index contributed by atoms with van der Waals surface area (Å²) < 4.78 is 0. The summed E-state index contributed by atoms with van der Waals surface area (Å²) in [6.07, 6.45) is 15.7. The molecule has 0 unspecified atom stereocenters. The fraction of sp³-hybridized carbons (Fsp3) is 0.211. The molecule has 0 radical (unpaired) electrons. The highest BCUT2D eigenvalue weighted by molar-refractivity contribution is 6.28. The van der Waals surface area contributed by atoms with Gasteiger partial charge in [-0.2, -0.15) is 0 Å². The Morgan fingerprint density at radius 2 is 2.04 bits per heavy atom. The van der Waals surface area contributed by atoms with Crippen molar-refractivity contribution in [3.63, 3.8) is 0 Å². The second kappa shape index (κ2) is 7.55. The van der Waals surface area contributed by atoms with Crippen LogP contribution < -0.4 is 0 Å². The molecule has 1 aromatic heterocycles. The Morgan fingerprint density at radius 3 is 2.75 bits per heavy atom. The molecule has 0 fully saturated rings. The van der Waals surface area contributed by atoms with Crippen molar-refractivity contribution >= 4 is 11.7 Å². The van der Waals surface area contributed by atoms with Crippen LogP contribution in [0.15, 0.2) is 77.4 Å². The first-order chi connectivity index (χ1) is 11.8. The molecule has 0 aliphatic carbocycles. The van der Waals surface area contributed by atoms with Crippen LogP contribution in [0.4, 0.5) is 0 Å². The minimum Gasteiger partial charge on any atom is -0.354 e. The zero-order valence-electron chi connectivity index (χ0n) is 13.6. The highest BCUT2D eigenvalue weighted by atomic mass is 16.7. The number of hydrogen-bond donors (Lipinski definition) is 0. The van der Waals surface area contributed by atoms with Gasteiger partial charge in [-0.1, -0.05) is 30.6 Å². The molecule has 3 rings (SSSR count). The number of carbonyl (C=O) groups is 1. The van der Waals surface area contributed by atoms with Gasteiger partial charge in [0.2, 0.25) is 0 Å². The van der Waals surface area contributed by atoms with Gasteiger partial charge in [0.05, 0.1) is 11.3 Å². The summed E-state index contributed by atoms with van der Waals surface area (Å²) in [5, 5.41) is 3.84. The van der Waals surface area contributed by atoms with Crippen molar-refractivity contribution in [1.29, 1.82) is 0 Å². The number of pyridine rings is 1. The first kappa shape index (κ1) is 15.9. The zero-order valence-corrected chi connectivity index (χ0v) is 13.6. The number of unbranched alkanes of at least 4 members (excludes halogenated alkanes) is 1. The van der Waals surface area contributed by atoms with Gasteiger partial charge in [-0.05, 0) is 42.4 Å². The average molecular weight is 321 g/mol. The van der Waals surface area contributed by atoms with Crippen molar-refractivity contribution in [3.8, 4) is 0 Å². The van der Waals surface area contributed by atoms with Crippen LogP contribution >= 0.6 is 0 Å². The molecule has 2 aliphatic heterocycles. The maximum absolute atomic E-state index is 11.9. The molecule has 2 aliphatic rings. The average Bonchev–Trinajstić information content (AvgIpc) is 3.00. The molecule has 24 heavy (non-hydrogen) atoms. The highest BCUT2D eigenvalue weighted by Gasteiger charge is 2.26. The maximum atomic E-state index is 11.9. The quantitative estimate of drug-likeness (QED) is 0.616. The number of oxime groups is 1. The molecule has 3 heterocycles. The Morgan fingerprint density at radius 1 is 1.21 bits per heavy atom. The van der Waals surface area contributed by atoms with Gasteiger partial charge in [0.25, 0.3) is 0 Å². The van der Waals surface area contributed by atoms with E-state index < -0.39 is 5.97 Å². The SMILES string of the molecule is CCCCN1C=CC(=C/C=C2/C(=O)ON=C2c2ccccn2)C=C1. The van der Waals surface area contributed by atoms with Crippen LogP contribution in [0.2, 0.25) is 0 Å². The number of aromatic nitrogens is 1. The van der Waals surface area contributed by atoms with Crippen molar-refractivity contribution in [2.45, 2.75) is 19.8 Å². The number of carbonyl (C=O) groups excluding carboxylic acids is 1. The fourth-order valence-corrected chi connectivity index (χ4v) is 2.37. The maximum Gasteiger partial charge on any atom is 0.368 e. The van der Waals surface area contributed by atoms with Crippen LogP contribution in [0.3, 0.4) is 0 Å². The van der Waals surface area contributed by atoms with E-state index in [0.29, 0.717) is 17.0 Å². The summed E-state index contributed by atoms with van der Waals surface area (Å²) in [5.74, 6) is -0.458. The molecule has 0 atom stereocenters. The predicted octanol–water partition coefficient (Wildman–Crippen LogP) is 3.34. The van der Waals surface area contributed by atoms with Crippen LogP contribution in [0.1, 0.15) is 25.5 Å². The zero-order chi connectivity index (χ0) is 16.8. The Labute approximate surface area is 141 Å². The van der Waals surface area contributed by atoms with E-state index in [4.69, 9.17) is 4.84 Å². The lowest BCUT2D eigenvalue weighted by Crippen LogP contribution is -2.13. The molecular formula is C19H19N3O2. The van der Waals surface area contributed by atoms with Crippen LogP contribution in [0.25, 0.3) is 0 Å². The van der Waals surface area contributed by atoms with Crippen molar-refractivity contribution in [3.05, 3.63) is 77.9 Å². The second-order valence-electron chi connectivity index (χ2n) is 5.50. The first-order valence-corrected chi connectivity index (χ1v) is 8.03. The van der Waals surface area contributed by atoms with E-state index in [1.807, 2.05) is 42.8 Å². The normalized spacial score (nSPS) is 18.1. The summed E-state index contributed by atoms with van der Waals surface area (Å²) in [7, 11) is 0. The lowest BCUT2D eigenvalue weighted by atomic mass is 10.1.